The third kappa shape index (κ3) is 4.43. The van der Waals surface area contributed by atoms with E-state index < -0.39 is 0 Å². The summed E-state index contributed by atoms with van der Waals surface area (Å²) in [7, 11) is 0. The van der Waals surface area contributed by atoms with Crippen molar-refractivity contribution in [2.75, 3.05) is 13.1 Å². The zero-order valence-corrected chi connectivity index (χ0v) is 13.7. The summed E-state index contributed by atoms with van der Waals surface area (Å²) in [4.78, 5) is 14.7. The van der Waals surface area contributed by atoms with Gasteiger partial charge >= 0.3 is 0 Å². The number of carbonyl (C=O) groups is 1. The number of piperidine rings is 1. The second-order valence-electron chi connectivity index (χ2n) is 6.85. The van der Waals surface area contributed by atoms with Crippen LogP contribution in [0.15, 0.2) is 0 Å². The van der Waals surface area contributed by atoms with Crippen molar-refractivity contribution >= 4 is 5.91 Å². The van der Waals surface area contributed by atoms with Crippen molar-refractivity contribution in [2.24, 2.45) is 11.7 Å². The Labute approximate surface area is 129 Å². The number of nitrogens with two attached hydrogens (primary N) is 1. The molecule has 0 unspecified atom stereocenters. The summed E-state index contributed by atoms with van der Waals surface area (Å²) in [6.45, 7) is 5.51. The van der Waals surface area contributed by atoms with Gasteiger partial charge in [0.2, 0.25) is 0 Å². The Bertz CT molecular complexity index is 327. The summed E-state index contributed by atoms with van der Waals surface area (Å²) < 4.78 is 6.08. The molecule has 1 amide bonds. The van der Waals surface area contributed by atoms with Gasteiger partial charge in [-0.2, -0.15) is 0 Å². The van der Waals surface area contributed by atoms with Gasteiger partial charge in [-0.15, -0.1) is 0 Å². The van der Waals surface area contributed by atoms with Gasteiger partial charge in [0.25, 0.3) is 5.91 Å². The number of hydrogen-bond acceptors (Lipinski definition) is 3. The van der Waals surface area contributed by atoms with E-state index >= 15 is 0 Å². The molecule has 4 nitrogen and oxygen atoms in total. The molecular formula is C17H32N2O2. The van der Waals surface area contributed by atoms with Gasteiger partial charge in [-0.3, -0.25) is 4.79 Å². The molecule has 1 heterocycles. The van der Waals surface area contributed by atoms with Crippen LogP contribution in [0.4, 0.5) is 0 Å². The molecule has 1 aliphatic heterocycles. The van der Waals surface area contributed by atoms with Crippen LogP contribution in [0.2, 0.25) is 0 Å². The maximum atomic E-state index is 12.7. The van der Waals surface area contributed by atoms with Gasteiger partial charge in [0.05, 0.1) is 6.10 Å². The van der Waals surface area contributed by atoms with Crippen LogP contribution in [-0.2, 0) is 9.53 Å². The van der Waals surface area contributed by atoms with E-state index in [9.17, 15) is 4.79 Å². The minimum absolute atomic E-state index is 0.140. The van der Waals surface area contributed by atoms with Gasteiger partial charge in [0.15, 0.2) is 0 Å². The number of likely N-dealkylation sites (tertiary alicyclic amines) is 1. The Morgan fingerprint density at radius 3 is 2.48 bits per heavy atom. The molecule has 0 aromatic rings. The highest BCUT2D eigenvalue weighted by atomic mass is 16.5. The fourth-order valence-electron chi connectivity index (χ4n) is 3.84. The van der Waals surface area contributed by atoms with Crippen molar-refractivity contribution in [2.45, 2.75) is 83.5 Å². The summed E-state index contributed by atoms with van der Waals surface area (Å²) in [6, 6.07) is 0.187. The highest BCUT2D eigenvalue weighted by Crippen LogP contribution is 2.25. The van der Waals surface area contributed by atoms with Crippen LogP contribution in [0.25, 0.3) is 0 Å². The van der Waals surface area contributed by atoms with Crippen molar-refractivity contribution in [1.29, 1.82) is 0 Å². The SMILES string of the molecule is C[C@H](OC1CCCCCC1)C(=O)N1CCC[C@@H](C)[C@@H]1CN. The van der Waals surface area contributed by atoms with Crippen LogP contribution in [-0.4, -0.2) is 42.1 Å². The standard InChI is InChI=1S/C17H32N2O2/c1-13-8-7-11-19(16(13)12-18)17(20)14(2)21-15-9-5-3-4-6-10-15/h13-16H,3-12,18H2,1-2H3/t13-,14+,16+/m1/s1. The number of hydrogen-bond donors (Lipinski definition) is 1. The highest BCUT2D eigenvalue weighted by molar-refractivity contribution is 5.81. The number of ether oxygens (including phenoxy) is 1. The zero-order chi connectivity index (χ0) is 15.2. The number of carbonyl (C=O) groups excluding carboxylic acids is 1. The monoisotopic (exact) mass is 296 g/mol. The van der Waals surface area contributed by atoms with Crippen LogP contribution in [0.1, 0.15) is 65.2 Å². The van der Waals surface area contributed by atoms with Crippen molar-refractivity contribution in [3.63, 3.8) is 0 Å². The van der Waals surface area contributed by atoms with Crippen LogP contribution in [0.5, 0.6) is 0 Å². The second kappa shape index (κ2) is 8.14. The van der Waals surface area contributed by atoms with E-state index in [0.29, 0.717) is 12.5 Å². The van der Waals surface area contributed by atoms with Crippen LogP contribution < -0.4 is 5.73 Å². The lowest BCUT2D eigenvalue weighted by Crippen LogP contribution is -2.54. The second-order valence-corrected chi connectivity index (χ2v) is 6.85. The van der Waals surface area contributed by atoms with E-state index in [2.05, 4.69) is 6.92 Å². The van der Waals surface area contributed by atoms with Crippen LogP contribution in [0, 0.1) is 5.92 Å². The number of nitrogens with zero attached hydrogens (tertiary/aromatic N) is 1. The number of amides is 1. The first-order chi connectivity index (χ1) is 10.1. The quantitative estimate of drug-likeness (QED) is 0.812. The molecule has 1 aliphatic carbocycles. The van der Waals surface area contributed by atoms with Crippen LogP contribution in [0.3, 0.4) is 0 Å². The fraction of sp³-hybridized carbons (Fsp3) is 0.941. The summed E-state index contributed by atoms with van der Waals surface area (Å²) in [5.74, 6) is 0.638. The molecular weight excluding hydrogens is 264 g/mol. The molecule has 0 radical (unpaired) electrons. The first-order valence-electron chi connectivity index (χ1n) is 8.79. The largest absolute Gasteiger partial charge is 0.365 e. The van der Waals surface area contributed by atoms with Crippen molar-refractivity contribution < 1.29 is 9.53 Å². The minimum Gasteiger partial charge on any atom is -0.365 e. The highest BCUT2D eigenvalue weighted by Gasteiger charge is 2.34. The molecule has 0 aromatic heterocycles. The molecule has 2 aliphatic rings. The zero-order valence-electron chi connectivity index (χ0n) is 13.7. The van der Waals surface area contributed by atoms with Gasteiger partial charge < -0.3 is 15.4 Å². The molecule has 21 heavy (non-hydrogen) atoms. The predicted octanol–water partition coefficient (Wildman–Crippen LogP) is 2.70. The van der Waals surface area contributed by atoms with E-state index in [1.165, 1.54) is 32.1 Å². The Morgan fingerprint density at radius 2 is 1.86 bits per heavy atom. The van der Waals surface area contributed by atoms with E-state index in [1.807, 2.05) is 11.8 Å². The minimum atomic E-state index is -0.326. The lowest BCUT2D eigenvalue weighted by molar-refractivity contribution is -0.151. The molecule has 0 bridgehead atoms. The van der Waals surface area contributed by atoms with Crippen molar-refractivity contribution in [3.8, 4) is 0 Å². The van der Waals surface area contributed by atoms with Gasteiger partial charge in [-0.25, -0.2) is 0 Å². The van der Waals surface area contributed by atoms with E-state index in [0.717, 1.165) is 25.8 Å². The third-order valence-electron chi connectivity index (χ3n) is 5.19. The van der Waals surface area contributed by atoms with Crippen LogP contribution >= 0.6 is 0 Å². The van der Waals surface area contributed by atoms with Gasteiger partial charge in [0.1, 0.15) is 6.10 Å². The van der Waals surface area contributed by atoms with Crippen molar-refractivity contribution in [3.05, 3.63) is 0 Å². The molecule has 0 aromatic carbocycles. The molecule has 122 valence electrons. The molecule has 2 N–H and O–H groups in total. The van der Waals surface area contributed by atoms with E-state index in [1.54, 1.807) is 0 Å². The maximum absolute atomic E-state index is 12.7. The first kappa shape index (κ1) is 16.8. The number of rotatable bonds is 4. The van der Waals surface area contributed by atoms with Gasteiger partial charge in [0, 0.05) is 19.1 Å². The normalized spacial score (nSPS) is 30.0. The molecule has 0 spiro atoms. The van der Waals surface area contributed by atoms with Gasteiger partial charge in [-0.05, 0) is 38.5 Å². The smallest absolute Gasteiger partial charge is 0.251 e. The molecule has 2 fully saturated rings. The van der Waals surface area contributed by atoms with E-state index in [-0.39, 0.29) is 24.2 Å². The topological polar surface area (TPSA) is 55.6 Å². The Kier molecular flexibility index (Phi) is 6.49. The Hall–Kier alpha value is -0.610. The summed E-state index contributed by atoms with van der Waals surface area (Å²) in [5, 5.41) is 0. The first-order valence-corrected chi connectivity index (χ1v) is 8.79. The average molecular weight is 296 g/mol. The summed E-state index contributed by atoms with van der Waals surface area (Å²) >= 11 is 0. The third-order valence-corrected chi connectivity index (χ3v) is 5.19. The predicted molar refractivity (Wildman–Crippen MR) is 85.0 cm³/mol. The Morgan fingerprint density at radius 1 is 1.19 bits per heavy atom. The molecule has 3 atom stereocenters. The molecule has 2 rings (SSSR count). The summed E-state index contributed by atoms with van der Waals surface area (Å²) in [6.07, 6.45) is 9.49. The maximum Gasteiger partial charge on any atom is 0.251 e. The fourth-order valence-corrected chi connectivity index (χ4v) is 3.84. The van der Waals surface area contributed by atoms with E-state index in [4.69, 9.17) is 10.5 Å². The molecule has 1 saturated heterocycles. The molecule has 4 heteroatoms. The Balaban J connectivity index is 1.90. The summed E-state index contributed by atoms with van der Waals surface area (Å²) in [5.41, 5.74) is 5.89. The van der Waals surface area contributed by atoms with Crippen molar-refractivity contribution in [1.82, 2.24) is 4.90 Å². The van der Waals surface area contributed by atoms with Gasteiger partial charge in [-0.1, -0.05) is 32.6 Å². The lowest BCUT2D eigenvalue weighted by Gasteiger charge is -2.40. The molecule has 1 saturated carbocycles. The lowest BCUT2D eigenvalue weighted by atomic mass is 9.90. The average Bonchev–Trinajstić information content (AvgIpc) is 2.74.